The summed E-state index contributed by atoms with van der Waals surface area (Å²) in [6.07, 6.45) is 4.69. The molecule has 0 aromatic heterocycles. The van der Waals surface area contributed by atoms with Gasteiger partial charge in [0, 0.05) is 25.3 Å². The number of benzene rings is 1. The minimum atomic E-state index is -1.44. The van der Waals surface area contributed by atoms with Crippen LogP contribution in [0.4, 0.5) is 5.69 Å². The van der Waals surface area contributed by atoms with Crippen LogP contribution in [0.15, 0.2) is 23.1 Å². The van der Waals surface area contributed by atoms with E-state index >= 15 is 0 Å². The van der Waals surface area contributed by atoms with Crippen LogP contribution >= 0.6 is 0 Å². The summed E-state index contributed by atoms with van der Waals surface area (Å²) in [6.45, 7) is 7.24. The van der Waals surface area contributed by atoms with Crippen LogP contribution in [0.2, 0.25) is 0 Å². The van der Waals surface area contributed by atoms with Gasteiger partial charge in [-0.15, -0.1) is 0 Å². The van der Waals surface area contributed by atoms with E-state index in [-0.39, 0.29) is 0 Å². The standard InChI is InChI=1S/C16H29N3OS/c1-4-6-8-19(9-7-5-2)15-10-14(13-18-3)11-16(12-15)21(17)20/h10-12,18H,4-9,13,17H2,1-3H3. The first-order valence-corrected chi connectivity index (χ1v) is 9.03. The van der Waals surface area contributed by atoms with Crippen LogP contribution in [0, 0.1) is 0 Å². The summed E-state index contributed by atoms with van der Waals surface area (Å²) in [5, 5.41) is 8.73. The van der Waals surface area contributed by atoms with E-state index in [4.69, 9.17) is 5.14 Å². The highest BCUT2D eigenvalue weighted by molar-refractivity contribution is 7.82. The van der Waals surface area contributed by atoms with Crippen molar-refractivity contribution in [2.75, 3.05) is 25.0 Å². The molecule has 3 N–H and O–H groups in total. The summed E-state index contributed by atoms with van der Waals surface area (Å²) in [6, 6.07) is 6.08. The maximum Gasteiger partial charge on any atom is 0.122 e. The molecule has 5 heteroatoms. The van der Waals surface area contributed by atoms with Crippen LogP contribution in [0.3, 0.4) is 0 Å². The molecular weight excluding hydrogens is 282 g/mol. The average molecular weight is 311 g/mol. The maximum atomic E-state index is 11.7. The number of nitrogens with zero attached hydrogens (tertiary/aromatic N) is 1. The van der Waals surface area contributed by atoms with E-state index < -0.39 is 11.0 Å². The highest BCUT2D eigenvalue weighted by Crippen LogP contribution is 2.22. The van der Waals surface area contributed by atoms with Gasteiger partial charge in [0.05, 0.1) is 4.90 Å². The topological polar surface area (TPSA) is 58.4 Å². The summed E-state index contributed by atoms with van der Waals surface area (Å²) < 4.78 is 11.7. The summed E-state index contributed by atoms with van der Waals surface area (Å²) in [5.74, 6) is 0. The Balaban J connectivity index is 3.05. The van der Waals surface area contributed by atoms with Crippen molar-refractivity contribution < 1.29 is 4.21 Å². The summed E-state index contributed by atoms with van der Waals surface area (Å²) in [5.41, 5.74) is 2.26. The lowest BCUT2D eigenvalue weighted by molar-refractivity contribution is 0.674. The van der Waals surface area contributed by atoms with E-state index in [0.717, 1.165) is 30.9 Å². The van der Waals surface area contributed by atoms with Crippen molar-refractivity contribution >= 4 is 16.7 Å². The SMILES string of the molecule is CCCCN(CCCC)c1cc(CNC)cc(S(N)=O)c1. The summed E-state index contributed by atoms with van der Waals surface area (Å²) in [7, 11) is 0.479. The van der Waals surface area contributed by atoms with Gasteiger partial charge in [-0.2, -0.15) is 0 Å². The molecule has 1 rings (SSSR count). The molecule has 21 heavy (non-hydrogen) atoms. The second-order valence-corrected chi connectivity index (χ2v) is 6.42. The number of nitrogens with one attached hydrogen (secondary N) is 1. The fourth-order valence-corrected chi connectivity index (χ4v) is 2.82. The molecule has 1 unspecified atom stereocenters. The highest BCUT2D eigenvalue weighted by atomic mass is 32.2. The van der Waals surface area contributed by atoms with Crippen molar-refractivity contribution in [3.8, 4) is 0 Å². The minimum absolute atomic E-state index is 0.704. The monoisotopic (exact) mass is 311 g/mol. The Hall–Kier alpha value is -0.910. The van der Waals surface area contributed by atoms with Crippen LogP contribution in [-0.4, -0.2) is 24.3 Å². The summed E-state index contributed by atoms with van der Waals surface area (Å²) in [4.78, 5) is 3.10. The molecule has 1 aromatic rings. The van der Waals surface area contributed by atoms with Crippen LogP contribution in [0.25, 0.3) is 0 Å². The maximum absolute atomic E-state index is 11.7. The van der Waals surface area contributed by atoms with Crippen molar-refractivity contribution in [1.29, 1.82) is 0 Å². The molecule has 4 nitrogen and oxygen atoms in total. The first-order chi connectivity index (χ1) is 10.1. The van der Waals surface area contributed by atoms with E-state index in [2.05, 4.69) is 30.1 Å². The number of hydrogen-bond acceptors (Lipinski definition) is 3. The van der Waals surface area contributed by atoms with Gasteiger partial charge in [0.25, 0.3) is 0 Å². The van der Waals surface area contributed by atoms with E-state index in [0.29, 0.717) is 4.90 Å². The molecule has 0 aliphatic rings. The fourth-order valence-electron chi connectivity index (χ4n) is 2.32. The van der Waals surface area contributed by atoms with Gasteiger partial charge in [0.2, 0.25) is 0 Å². The van der Waals surface area contributed by atoms with Crippen LogP contribution in [-0.2, 0) is 17.5 Å². The number of anilines is 1. The third kappa shape index (κ3) is 6.16. The van der Waals surface area contributed by atoms with Gasteiger partial charge in [0.1, 0.15) is 11.0 Å². The smallest absolute Gasteiger partial charge is 0.122 e. The van der Waals surface area contributed by atoms with Crippen molar-refractivity contribution in [2.24, 2.45) is 5.14 Å². The molecule has 1 atom stereocenters. The van der Waals surface area contributed by atoms with Gasteiger partial charge in [-0.25, -0.2) is 9.35 Å². The Kier molecular flexibility index (Phi) is 8.57. The zero-order valence-electron chi connectivity index (χ0n) is 13.5. The molecule has 0 bridgehead atoms. The van der Waals surface area contributed by atoms with Gasteiger partial charge in [-0.05, 0) is 43.7 Å². The molecule has 0 saturated heterocycles. The lowest BCUT2D eigenvalue weighted by Crippen LogP contribution is -2.26. The van der Waals surface area contributed by atoms with Gasteiger partial charge in [-0.3, -0.25) is 0 Å². The molecule has 0 radical (unpaired) electrons. The second kappa shape index (κ2) is 9.92. The van der Waals surface area contributed by atoms with E-state index in [1.165, 1.54) is 25.7 Å². The average Bonchev–Trinajstić information content (AvgIpc) is 2.47. The quantitative estimate of drug-likeness (QED) is 0.698. The predicted molar refractivity (Wildman–Crippen MR) is 91.8 cm³/mol. The normalized spacial score (nSPS) is 12.4. The summed E-state index contributed by atoms with van der Waals surface area (Å²) >= 11 is 0. The Morgan fingerprint density at radius 2 is 1.76 bits per heavy atom. The zero-order chi connectivity index (χ0) is 15.7. The Labute approximate surface area is 131 Å². The molecule has 0 saturated carbocycles. The minimum Gasteiger partial charge on any atom is -0.371 e. The molecule has 0 spiro atoms. The van der Waals surface area contributed by atoms with Crippen molar-refractivity contribution in [1.82, 2.24) is 5.32 Å². The molecule has 1 aromatic carbocycles. The third-order valence-electron chi connectivity index (χ3n) is 3.49. The fraction of sp³-hybridized carbons (Fsp3) is 0.625. The van der Waals surface area contributed by atoms with Crippen LogP contribution in [0.5, 0.6) is 0 Å². The van der Waals surface area contributed by atoms with Crippen molar-refractivity contribution in [3.05, 3.63) is 23.8 Å². The van der Waals surface area contributed by atoms with Crippen LogP contribution < -0.4 is 15.4 Å². The largest absolute Gasteiger partial charge is 0.371 e. The molecule has 120 valence electrons. The highest BCUT2D eigenvalue weighted by Gasteiger charge is 2.10. The Morgan fingerprint density at radius 3 is 2.24 bits per heavy atom. The molecule has 0 aliphatic carbocycles. The van der Waals surface area contributed by atoms with Gasteiger partial charge >= 0.3 is 0 Å². The van der Waals surface area contributed by atoms with Crippen LogP contribution in [0.1, 0.15) is 45.1 Å². The second-order valence-electron chi connectivity index (χ2n) is 5.36. The molecule has 0 aliphatic heterocycles. The van der Waals surface area contributed by atoms with Gasteiger partial charge in [0.15, 0.2) is 0 Å². The first-order valence-electron chi connectivity index (χ1n) is 7.82. The van der Waals surface area contributed by atoms with E-state index in [9.17, 15) is 4.21 Å². The van der Waals surface area contributed by atoms with Crippen molar-refractivity contribution in [2.45, 2.75) is 51.0 Å². The van der Waals surface area contributed by atoms with Gasteiger partial charge < -0.3 is 10.2 Å². The van der Waals surface area contributed by atoms with Gasteiger partial charge in [-0.1, -0.05) is 26.7 Å². The number of hydrogen-bond donors (Lipinski definition) is 2. The first kappa shape index (κ1) is 18.1. The molecular formula is C16H29N3OS. The zero-order valence-corrected chi connectivity index (χ0v) is 14.3. The lowest BCUT2D eigenvalue weighted by atomic mass is 10.1. The number of rotatable bonds is 10. The molecule has 0 heterocycles. The molecule has 0 amide bonds. The lowest BCUT2D eigenvalue weighted by Gasteiger charge is -2.26. The number of unbranched alkanes of at least 4 members (excludes halogenated alkanes) is 2. The van der Waals surface area contributed by atoms with Crippen molar-refractivity contribution in [3.63, 3.8) is 0 Å². The molecule has 0 fully saturated rings. The Bertz CT molecular complexity index is 443. The van der Waals surface area contributed by atoms with E-state index in [1.54, 1.807) is 0 Å². The predicted octanol–water partition coefficient (Wildman–Crippen LogP) is 2.79. The third-order valence-corrected chi connectivity index (χ3v) is 4.19. The Morgan fingerprint density at radius 1 is 1.14 bits per heavy atom. The number of nitrogens with two attached hydrogens (primary N) is 1. The van der Waals surface area contributed by atoms with E-state index in [1.807, 2.05) is 19.2 Å².